The fourth-order valence-electron chi connectivity index (χ4n) is 2.50. The zero-order valence-electron chi connectivity index (χ0n) is 12.0. The summed E-state index contributed by atoms with van der Waals surface area (Å²) in [5.41, 5.74) is 0.825. The third-order valence-corrected chi connectivity index (χ3v) is 3.64. The van der Waals surface area contributed by atoms with Crippen molar-refractivity contribution in [3.8, 4) is 5.75 Å². The fraction of sp³-hybridized carbons (Fsp3) is 0.562. The van der Waals surface area contributed by atoms with E-state index in [2.05, 4.69) is 0 Å². The van der Waals surface area contributed by atoms with Crippen molar-refractivity contribution in [2.45, 2.75) is 38.7 Å². The summed E-state index contributed by atoms with van der Waals surface area (Å²) < 4.78 is 5.38. The summed E-state index contributed by atoms with van der Waals surface area (Å²) in [7, 11) is 0. The van der Waals surface area contributed by atoms with Gasteiger partial charge in [0.25, 0.3) is 0 Å². The lowest BCUT2D eigenvalue weighted by Gasteiger charge is -2.24. The largest absolute Gasteiger partial charge is 0.494 e. The van der Waals surface area contributed by atoms with Crippen molar-refractivity contribution < 1.29 is 14.6 Å². The van der Waals surface area contributed by atoms with E-state index >= 15 is 0 Å². The van der Waals surface area contributed by atoms with Crippen molar-refractivity contribution in [2.75, 3.05) is 19.7 Å². The number of hydrogen-bond acceptors (Lipinski definition) is 3. The summed E-state index contributed by atoms with van der Waals surface area (Å²) in [4.78, 5) is 13.7. The Balaban J connectivity index is 1.96. The molecule has 1 aromatic rings. The van der Waals surface area contributed by atoms with Gasteiger partial charge in [-0.15, -0.1) is 0 Å². The summed E-state index contributed by atoms with van der Waals surface area (Å²) in [5.74, 6) is 0.960. The minimum atomic E-state index is -0.632. The fourth-order valence-corrected chi connectivity index (χ4v) is 2.50. The van der Waals surface area contributed by atoms with Crippen molar-refractivity contribution in [3.63, 3.8) is 0 Å². The van der Waals surface area contributed by atoms with Crippen molar-refractivity contribution >= 4 is 5.91 Å². The van der Waals surface area contributed by atoms with Crippen LogP contribution < -0.4 is 4.74 Å². The SMILES string of the molecule is CCOc1ccc(C(O)CN2CCCCCC2=O)cc1. The van der Waals surface area contributed by atoms with E-state index in [1.165, 1.54) is 0 Å². The molecule has 1 saturated heterocycles. The van der Waals surface area contributed by atoms with Crippen LogP contribution in [0.5, 0.6) is 5.75 Å². The van der Waals surface area contributed by atoms with Gasteiger partial charge in [-0.2, -0.15) is 0 Å². The first-order valence-corrected chi connectivity index (χ1v) is 7.39. The van der Waals surface area contributed by atoms with E-state index in [9.17, 15) is 9.90 Å². The molecule has 1 aromatic carbocycles. The zero-order valence-corrected chi connectivity index (χ0v) is 12.0. The molecule has 1 aliphatic rings. The minimum Gasteiger partial charge on any atom is -0.494 e. The maximum atomic E-state index is 11.9. The number of nitrogens with zero attached hydrogens (tertiary/aromatic N) is 1. The highest BCUT2D eigenvalue weighted by atomic mass is 16.5. The molecule has 1 N–H and O–H groups in total. The average Bonchev–Trinajstić information content (AvgIpc) is 2.65. The van der Waals surface area contributed by atoms with E-state index < -0.39 is 6.10 Å². The first-order valence-electron chi connectivity index (χ1n) is 7.39. The number of amides is 1. The van der Waals surface area contributed by atoms with Gasteiger partial charge in [-0.25, -0.2) is 0 Å². The van der Waals surface area contributed by atoms with Gasteiger partial charge in [-0.1, -0.05) is 18.6 Å². The minimum absolute atomic E-state index is 0.160. The molecule has 1 aliphatic heterocycles. The number of benzene rings is 1. The monoisotopic (exact) mass is 277 g/mol. The number of ether oxygens (including phenoxy) is 1. The number of aliphatic hydroxyl groups excluding tert-OH is 1. The molecule has 110 valence electrons. The summed E-state index contributed by atoms with van der Waals surface area (Å²) in [6.07, 6.45) is 3.07. The van der Waals surface area contributed by atoms with Crippen molar-refractivity contribution in [2.24, 2.45) is 0 Å². The van der Waals surface area contributed by atoms with Gasteiger partial charge in [-0.05, 0) is 37.5 Å². The van der Waals surface area contributed by atoms with E-state index in [0.717, 1.165) is 37.1 Å². The highest BCUT2D eigenvalue weighted by Gasteiger charge is 2.20. The molecule has 0 saturated carbocycles. The lowest BCUT2D eigenvalue weighted by molar-refractivity contribution is -0.132. The van der Waals surface area contributed by atoms with Gasteiger partial charge in [0.05, 0.1) is 19.3 Å². The zero-order chi connectivity index (χ0) is 14.4. The van der Waals surface area contributed by atoms with Crippen molar-refractivity contribution in [1.82, 2.24) is 4.90 Å². The lowest BCUT2D eigenvalue weighted by Crippen LogP contribution is -2.34. The second-order valence-corrected chi connectivity index (χ2v) is 5.17. The molecule has 1 fully saturated rings. The molecule has 1 unspecified atom stereocenters. The van der Waals surface area contributed by atoms with Gasteiger partial charge in [0, 0.05) is 13.0 Å². The number of hydrogen-bond donors (Lipinski definition) is 1. The Labute approximate surface area is 120 Å². The average molecular weight is 277 g/mol. The molecule has 1 amide bonds. The summed E-state index contributed by atoms with van der Waals surface area (Å²) in [5, 5.41) is 10.3. The van der Waals surface area contributed by atoms with Crippen LogP contribution in [0.2, 0.25) is 0 Å². The van der Waals surface area contributed by atoms with E-state index in [4.69, 9.17) is 4.74 Å². The van der Waals surface area contributed by atoms with Gasteiger partial charge >= 0.3 is 0 Å². The van der Waals surface area contributed by atoms with Gasteiger partial charge in [-0.3, -0.25) is 4.79 Å². The van der Waals surface area contributed by atoms with Crippen LogP contribution in [0.3, 0.4) is 0 Å². The summed E-state index contributed by atoms with van der Waals surface area (Å²) in [6, 6.07) is 7.43. The first kappa shape index (κ1) is 14.9. The predicted octanol–water partition coefficient (Wildman–Crippen LogP) is 2.52. The predicted molar refractivity (Wildman–Crippen MR) is 77.6 cm³/mol. The number of rotatable bonds is 5. The molecule has 0 bridgehead atoms. The van der Waals surface area contributed by atoms with Gasteiger partial charge < -0.3 is 14.7 Å². The standard InChI is InChI=1S/C16H23NO3/c1-2-20-14-9-7-13(8-10-14)15(18)12-17-11-5-3-4-6-16(17)19/h7-10,15,18H,2-6,11-12H2,1H3. The molecule has 0 spiro atoms. The number of carbonyl (C=O) groups excluding carboxylic acids is 1. The van der Waals surface area contributed by atoms with Crippen LogP contribution in [-0.2, 0) is 4.79 Å². The van der Waals surface area contributed by atoms with Crippen LogP contribution in [0.25, 0.3) is 0 Å². The molecule has 1 atom stereocenters. The van der Waals surface area contributed by atoms with Crippen LogP contribution in [0.15, 0.2) is 24.3 Å². The molecule has 1 heterocycles. The quantitative estimate of drug-likeness (QED) is 0.899. The molecule has 4 heteroatoms. The Kier molecular flexibility index (Phi) is 5.41. The van der Waals surface area contributed by atoms with E-state index in [1.807, 2.05) is 31.2 Å². The van der Waals surface area contributed by atoms with Crippen LogP contribution in [0, 0.1) is 0 Å². The Morgan fingerprint density at radius 2 is 2.00 bits per heavy atom. The summed E-state index contributed by atoms with van der Waals surface area (Å²) >= 11 is 0. The van der Waals surface area contributed by atoms with Gasteiger partial charge in [0.15, 0.2) is 0 Å². The van der Waals surface area contributed by atoms with Crippen molar-refractivity contribution in [1.29, 1.82) is 0 Å². The maximum absolute atomic E-state index is 11.9. The Hall–Kier alpha value is -1.55. The van der Waals surface area contributed by atoms with Crippen molar-refractivity contribution in [3.05, 3.63) is 29.8 Å². The first-order chi connectivity index (χ1) is 9.70. The third-order valence-electron chi connectivity index (χ3n) is 3.64. The normalized spacial score (nSPS) is 17.7. The Morgan fingerprint density at radius 3 is 2.70 bits per heavy atom. The molecule has 2 rings (SSSR count). The molecular weight excluding hydrogens is 254 g/mol. The highest BCUT2D eigenvalue weighted by molar-refractivity contribution is 5.76. The van der Waals surface area contributed by atoms with Gasteiger partial charge in [0.2, 0.25) is 5.91 Å². The van der Waals surface area contributed by atoms with E-state index in [-0.39, 0.29) is 5.91 Å². The molecule has 0 radical (unpaired) electrons. The third kappa shape index (κ3) is 3.97. The summed E-state index contributed by atoms with van der Waals surface area (Å²) in [6.45, 7) is 3.71. The van der Waals surface area contributed by atoms with Crippen LogP contribution in [0.1, 0.15) is 44.3 Å². The molecule has 20 heavy (non-hydrogen) atoms. The van der Waals surface area contributed by atoms with E-state index in [0.29, 0.717) is 19.6 Å². The molecule has 0 aliphatic carbocycles. The number of likely N-dealkylation sites (tertiary alicyclic amines) is 1. The van der Waals surface area contributed by atoms with Crippen LogP contribution >= 0.6 is 0 Å². The maximum Gasteiger partial charge on any atom is 0.222 e. The number of β-amino-alcohol motifs (C(OH)–C–C–N with tert-alkyl or cyclic N) is 1. The molecular formula is C16H23NO3. The van der Waals surface area contributed by atoms with E-state index in [1.54, 1.807) is 4.90 Å². The Morgan fingerprint density at radius 1 is 1.25 bits per heavy atom. The molecule has 0 aromatic heterocycles. The lowest BCUT2D eigenvalue weighted by atomic mass is 10.1. The second kappa shape index (κ2) is 7.29. The topological polar surface area (TPSA) is 49.8 Å². The smallest absolute Gasteiger partial charge is 0.222 e. The number of carbonyl (C=O) groups is 1. The van der Waals surface area contributed by atoms with Crippen LogP contribution in [-0.4, -0.2) is 35.6 Å². The van der Waals surface area contributed by atoms with Gasteiger partial charge in [0.1, 0.15) is 5.75 Å². The Bertz CT molecular complexity index is 430. The molecule has 4 nitrogen and oxygen atoms in total. The number of aliphatic hydroxyl groups is 1. The highest BCUT2D eigenvalue weighted by Crippen LogP contribution is 2.20. The second-order valence-electron chi connectivity index (χ2n) is 5.17. The van der Waals surface area contributed by atoms with Crippen LogP contribution in [0.4, 0.5) is 0 Å².